The van der Waals surface area contributed by atoms with E-state index in [1.807, 2.05) is 65.8 Å². The van der Waals surface area contributed by atoms with Gasteiger partial charge in [0.1, 0.15) is 5.75 Å². The fraction of sp³-hybridized carbons (Fsp3) is 0.133. The van der Waals surface area contributed by atoms with Gasteiger partial charge in [0.2, 0.25) is 5.88 Å². The van der Waals surface area contributed by atoms with Gasteiger partial charge in [0.25, 0.3) is 6.33 Å². The van der Waals surface area contributed by atoms with Crippen molar-refractivity contribution in [3.63, 3.8) is 0 Å². The number of ether oxygens (including phenoxy) is 1. The summed E-state index contributed by atoms with van der Waals surface area (Å²) in [6.45, 7) is 8.90. The smallest absolute Gasteiger partial charge is 0.268 e. The summed E-state index contributed by atoms with van der Waals surface area (Å²) in [4.78, 5) is 12.8. The first kappa shape index (κ1) is 32.7. The van der Waals surface area contributed by atoms with Crippen LogP contribution in [-0.4, -0.2) is 24.1 Å². The molecule has 3 aromatic heterocycles. The lowest BCUT2D eigenvalue weighted by Crippen LogP contribution is -2.28. The lowest BCUT2D eigenvalue weighted by Gasteiger charge is -2.21. The summed E-state index contributed by atoms with van der Waals surface area (Å²) in [5.74, 6) is 3.27. The van der Waals surface area contributed by atoms with Gasteiger partial charge in [-0.25, -0.2) is 9.97 Å². The number of para-hydroxylation sites is 2. The summed E-state index contributed by atoms with van der Waals surface area (Å²) in [5.41, 5.74) is 10.2. The molecule has 3 heterocycles. The molecule has 1 N–H and O–H groups in total. The fourth-order valence-corrected chi connectivity index (χ4v) is 6.83. The zero-order valence-corrected chi connectivity index (χ0v) is 29.7. The lowest BCUT2D eigenvalue weighted by atomic mass is 9.92. The zero-order chi connectivity index (χ0) is 35.6. The number of benzene rings is 5. The van der Waals surface area contributed by atoms with Gasteiger partial charge in [0, 0.05) is 24.8 Å². The topological polar surface area (TPSA) is 64.5 Å². The zero-order valence-electron chi connectivity index (χ0n) is 29.7. The van der Waals surface area contributed by atoms with E-state index < -0.39 is 0 Å². The van der Waals surface area contributed by atoms with Crippen molar-refractivity contribution < 1.29 is 9.30 Å². The maximum atomic E-state index is 6.34. The van der Waals surface area contributed by atoms with Crippen LogP contribution in [0.1, 0.15) is 50.7 Å². The SMILES string of the molecule is CC(C)c1cccc(C(C)C)c1-n1ccnc1-c1ncc(Oc2cccc(-[n+]3[c-]n(-c4c(-c5ccccc5)cccc4-c4ccccc4)cc3)c2)[nH]1. The summed E-state index contributed by atoms with van der Waals surface area (Å²) in [6, 6.07) is 41.9. The van der Waals surface area contributed by atoms with E-state index in [1.54, 1.807) is 6.20 Å². The Morgan fingerprint density at radius 1 is 0.673 bits per heavy atom. The first-order valence-electron chi connectivity index (χ1n) is 17.7. The van der Waals surface area contributed by atoms with Crippen LogP contribution in [0.25, 0.3) is 51.0 Å². The Bertz CT molecular complexity index is 2370. The molecule has 0 fully saturated rings. The van der Waals surface area contributed by atoms with Crippen LogP contribution >= 0.6 is 0 Å². The van der Waals surface area contributed by atoms with Crippen LogP contribution in [0.3, 0.4) is 0 Å². The van der Waals surface area contributed by atoms with Crippen molar-refractivity contribution in [2.24, 2.45) is 0 Å². The van der Waals surface area contributed by atoms with Crippen molar-refractivity contribution >= 4 is 0 Å². The van der Waals surface area contributed by atoms with Crippen molar-refractivity contribution in [3.05, 3.63) is 170 Å². The number of H-pyrrole nitrogens is 1. The molecule has 7 nitrogen and oxygen atoms in total. The van der Waals surface area contributed by atoms with Gasteiger partial charge in [-0.3, -0.25) is 13.7 Å². The number of hydrogen-bond donors (Lipinski definition) is 1. The molecule has 0 atom stereocenters. The minimum atomic E-state index is 0.350. The first-order valence-corrected chi connectivity index (χ1v) is 17.7. The Balaban J connectivity index is 1.10. The van der Waals surface area contributed by atoms with Gasteiger partial charge < -0.3 is 9.72 Å². The van der Waals surface area contributed by atoms with Gasteiger partial charge in [-0.15, -0.1) is 0 Å². The number of nitrogens with one attached hydrogen (secondary N) is 1. The number of nitrogens with zero attached hydrogens (tertiary/aromatic N) is 5. The summed E-state index contributed by atoms with van der Waals surface area (Å²) >= 11 is 0. The molecule has 8 aromatic rings. The summed E-state index contributed by atoms with van der Waals surface area (Å²) in [6.07, 6.45) is 13.2. The first-order chi connectivity index (χ1) is 25.4. The molecule has 8 rings (SSSR count). The van der Waals surface area contributed by atoms with E-state index in [1.165, 1.54) is 11.1 Å². The number of aromatic nitrogens is 6. The van der Waals surface area contributed by atoms with Gasteiger partial charge in [-0.2, -0.15) is 0 Å². The van der Waals surface area contributed by atoms with E-state index in [4.69, 9.17) is 14.7 Å². The minimum absolute atomic E-state index is 0.350. The highest BCUT2D eigenvalue weighted by molar-refractivity contribution is 5.85. The van der Waals surface area contributed by atoms with Crippen LogP contribution < -0.4 is 9.30 Å². The molecule has 0 aliphatic heterocycles. The molecule has 0 amide bonds. The normalized spacial score (nSPS) is 11.4. The van der Waals surface area contributed by atoms with Gasteiger partial charge in [0.15, 0.2) is 11.6 Å². The van der Waals surface area contributed by atoms with Crippen molar-refractivity contribution in [2.45, 2.75) is 39.5 Å². The van der Waals surface area contributed by atoms with Crippen LogP contribution in [0.15, 0.2) is 152 Å². The fourth-order valence-electron chi connectivity index (χ4n) is 6.83. The average molecular weight is 681 g/mol. The second-order valence-electron chi connectivity index (χ2n) is 13.5. The Morgan fingerprint density at radius 3 is 1.96 bits per heavy atom. The summed E-state index contributed by atoms with van der Waals surface area (Å²) in [5, 5.41) is 0. The standard InChI is InChI=1S/C45H40N6O/c1-31(2)37-20-12-21-38(32(3)4)43(37)51-25-24-46-45(51)44-47-29-41(48-44)52-36-19-11-18-35(28-36)49-26-27-50(30-49)42-39(33-14-7-5-8-15-33)22-13-23-40(42)34-16-9-6-10-17-34/h5-29,31-32H,1-4H3,(H,47,48). The molecule has 0 radical (unpaired) electrons. The molecule has 0 aliphatic carbocycles. The quantitative estimate of drug-likeness (QED) is 0.116. The highest BCUT2D eigenvalue weighted by Gasteiger charge is 2.20. The molecule has 7 heteroatoms. The average Bonchev–Trinajstić information content (AvgIpc) is 3.97. The Morgan fingerprint density at radius 2 is 1.31 bits per heavy atom. The maximum Gasteiger partial charge on any atom is 0.268 e. The highest BCUT2D eigenvalue weighted by atomic mass is 16.5. The predicted octanol–water partition coefficient (Wildman–Crippen LogP) is 10.5. The highest BCUT2D eigenvalue weighted by Crippen LogP contribution is 2.36. The van der Waals surface area contributed by atoms with Crippen LogP contribution in [0.4, 0.5) is 0 Å². The third kappa shape index (κ3) is 6.33. The van der Waals surface area contributed by atoms with E-state index in [9.17, 15) is 0 Å². The van der Waals surface area contributed by atoms with Gasteiger partial charge >= 0.3 is 0 Å². The molecule has 52 heavy (non-hydrogen) atoms. The molecule has 0 saturated carbocycles. The van der Waals surface area contributed by atoms with E-state index in [2.05, 4.69) is 133 Å². The van der Waals surface area contributed by atoms with Crippen LogP contribution in [0.2, 0.25) is 0 Å². The molecule has 0 saturated heterocycles. The maximum absolute atomic E-state index is 6.34. The van der Waals surface area contributed by atoms with Crippen LogP contribution in [0.5, 0.6) is 11.6 Å². The molecule has 0 spiro atoms. The Labute approximate surface area is 304 Å². The molecule has 256 valence electrons. The third-order valence-corrected chi connectivity index (χ3v) is 9.34. The second-order valence-corrected chi connectivity index (χ2v) is 13.5. The van der Waals surface area contributed by atoms with E-state index in [0.29, 0.717) is 29.3 Å². The number of aromatic amines is 1. The van der Waals surface area contributed by atoms with Gasteiger partial charge in [-0.05, 0) is 63.4 Å². The van der Waals surface area contributed by atoms with Crippen molar-refractivity contribution in [3.8, 4) is 62.6 Å². The van der Waals surface area contributed by atoms with Gasteiger partial charge in [0.05, 0.1) is 23.3 Å². The van der Waals surface area contributed by atoms with Crippen LogP contribution in [-0.2, 0) is 0 Å². The molecular formula is C45H40N6O. The van der Waals surface area contributed by atoms with Crippen molar-refractivity contribution in [1.82, 2.24) is 24.1 Å². The Kier molecular flexibility index (Phi) is 8.83. The second kappa shape index (κ2) is 14.0. The monoisotopic (exact) mass is 680 g/mol. The largest absolute Gasteiger partial charge is 0.440 e. The lowest BCUT2D eigenvalue weighted by molar-refractivity contribution is -0.599. The summed E-state index contributed by atoms with van der Waals surface area (Å²) in [7, 11) is 0. The Hall–Kier alpha value is -6.47. The van der Waals surface area contributed by atoms with E-state index in [-0.39, 0.29) is 0 Å². The molecule has 0 bridgehead atoms. The number of hydrogen-bond acceptors (Lipinski definition) is 3. The minimum Gasteiger partial charge on any atom is -0.440 e. The van der Waals surface area contributed by atoms with Crippen LogP contribution in [0, 0.1) is 6.33 Å². The number of imidazole rings is 3. The van der Waals surface area contributed by atoms with E-state index in [0.717, 1.165) is 45.1 Å². The molecule has 5 aromatic carbocycles. The van der Waals surface area contributed by atoms with Crippen molar-refractivity contribution in [1.29, 1.82) is 0 Å². The summed E-state index contributed by atoms with van der Waals surface area (Å²) < 4.78 is 12.5. The molecular weight excluding hydrogens is 641 g/mol. The van der Waals surface area contributed by atoms with Crippen molar-refractivity contribution in [2.75, 3.05) is 0 Å². The molecule has 0 unspecified atom stereocenters. The van der Waals surface area contributed by atoms with E-state index >= 15 is 0 Å². The third-order valence-electron chi connectivity index (χ3n) is 9.34. The number of rotatable bonds is 10. The van der Waals surface area contributed by atoms with Gasteiger partial charge in [-0.1, -0.05) is 131 Å². The molecule has 0 aliphatic rings. The predicted molar refractivity (Wildman–Crippen MR) is 206 cm³/mol.